The molecular weight excluding hydrogens is 408 g/mol. The largest absolute Gasteiger partial charge is 0.508 e. The van der Waals surface area contributed by atoms with Crippen molar-refractivity contribution in [1.29, 1.82) is 0 Å². The average Bonchev–Trinajstić information content (AvgIpc) is 2.81. The highest BCUT2D eigenvalue weighted by molar-refractivity contribution is 5.89. The van der Waals surface area contributed by atoms with Crippen molar-refractivity contribution in [3.05, 3.63) is 108 Å². The minimum Gasteiger partial charge on any atom is -0.508 e. The van der Waals surface area contributed by atoms with Crippen LogP contribution in [0, 0.1) is 0 Å². The van der Waals surface area contributed by atoms with E-state index in [0.29, 0.717) is 28.6 Å². The Kier molecular flexibility index (Phi) is 6.22. The molecule has 0 heterocycles. The van der Waals surface area contributed by atoms with E-state index in [1.807, 2.05) is 12.1 Å². The Labute approximate surface area is 184 Å². The van der Waals surface area contributed by atoms with E-state index in [1.165, 1.54) is 12.1 Å². The molecule has 6 nitrogen and oxygen atoms in total. The number of benzene rings is 4. The van der Waals surface area contributed by atoms with Gasteiger partial charge in [-0.3, -0.25) is 0 Å². The third-order valence-electron chi connectivity index (χ3n) is 4.48. The first-order chi connectivity index (χ1) is 15.5. The maximum absolute atomic E-state index is 12.5. The van der Waals surface area contributed by atoms with Crippen molar-refractivity contribution in [2.75, 3.05) is 0 Å². The van der Waals surface area contributed by atoms with Crippen LogP contribution < -0.4 is 9.47 Å². The standard InChI is InChI=1S/C26H20O6/c27-20-7-11-22(12-8-20)31-24-5-1-3-18(15-24)17-30-26(29)19-4-2-6-25(16-19)32-23-13-9-21(28)10-14-23/h1-16,27-28H,17H2. The summed E-state index contributed by atoms with van der Waals surface area (Å²) in [5.41, 5.74) is 1.13. The predicted molar refractivity (Wildman–Crippen MR) is 118 cm³/mol. The number of ether oxygens (including phenoxy) is 3. The van der Waals surface area contributed by atoms with Crippen LogP contribution in [-0.4, -0.2) is 16.2 Å². The van der Waals surface area contributed by atoms with Crippen LogP contribution in [-0.2, 0) is 11.3 Å². The summed E-state index contributed by atoms with van der Waals surface area (Å²) in [4.78, 5) is 12.5. The van der Waals surface area contributed by atoms with Crippen molar-refractivity contribution in [1.82, 2.24) is 0 Å². The summed E-state index contributed by atoms with van der Waals surface area (Å²) in [6, 6.07) is 26.6. The van der Waals surface area contributed by atoms with Crippen LogP contribution in [0.4, 0.5) is 0 Å². The number of phenols is 2. The summed E-state index contributed by atoms with van der Waals surface area (Å²) in [6.45, 7) is 0.0780. The third-order valence-corrected chi connectivity index (χ3v) is 4.48. The molecule has 0 saturated heterocycles. The Morgan fingerprint density at radius 1 is 0.625 bits per heavy atom. The SMILES string of the molecule is O=C(OCc1cccc(Oc2ccc(O)cc2)c1)c1cccc(Oc2ccc(O)cc2)c1. The molecule has 0 unspecified atom stereocenters. The van der Waals surface area contributed by atoms with Gasteiger partial charge in [0, 0.05) is 0 Å². The van der Waals surface area contributed by atoms with E-state index in [0.717, 1.165) is 5.56 Å². The molecule has 0 bridgehead atoms. The highest BCUT2D eigenvalue weighted by Gasteiger charge is 2.10. The Morgan fingerprint density at radius 3 is 1.75 bits per heavy atom. The highest BCUT2D eigenvalue weighted by Crippen LogP contribution is 2.26. The van der Waals surface area contributed by atoms with Gasteiger partial charge in [0.2, 0.25) is 0 Å². The number of phenolic OH excluding ortho intramolecular Hbond substituents is 2. The van der Waals surface area contributed by atoms with Crippen LogP contribution >= 0.6 is 0 Å². The van der Waals surface area contributed by atoms with E-state index in [9.17, 15) is 15.0 Å². The second-order valence-electron chi connectivity index (χ2n) is 6.94. The lowest BCUT2D eigenvalue weighted by molar-refractivity contribution is 0.0472. The van der Waals surface area contributed by atoms with Gasteiger partial charge in [0.15, 0.2) is 0 Å². The van der Waals surface area contributed by atoms with Crippen molar-refractivity contribution in [3.8, 4) is 34.5 Å². The lowest BCUT2D eigenvalue weighted by atomic mass is 10.2. The van der Waals surface area contributed by atoms with Gasteiger partial charge < -0.3 is 24.4 Å². The first-order valence-corrected chi connectivity index (χ1v) is 9.85. The molecule has 4 aromatic carbocycles. The number of esters is 1. The zero-order chi connectivity index (χ0) is 22.3. The molecule has 4 aromatic rings. The van der Waals surface area contributed by atoms with Crippen molar-refractivity contribution < 1.29 is 29.2 Å². The smallest absolute Gasteiger partial charge is 0.338 e. The van der Waals surface area contributed by atoms with E-state index in [1.54, 1.807) is 72.8 Å². The number of carbonyl (C=O) groups is 1. The monoisotopic (exact) mass is 428 g/mol. The van der Waals surface area contributed by atoms with Gasteiger partial charge in [-0.2, -0.15) is 0 Å². The van der Waals surface area contributed by atoms with Crippen LogP contribution in [0.5, 0.6) is 34.5 Å². The normalized spacial score (nSPS) is 10.4. The van der Waals surface area contributed by atoms with Gasteiger partial charge in [0.1, 0.15) is 41.1 Å². The van der Waals surface area contributed by atoms with E-state index in [4.69, 9.17) is 14.2 Å². The van der Waals surface area contributed by atoms with Crippen LogP contribution in [0.15, 0.2) is 97.1 Å². The molecule has 0 fully saturated rings. The van der Waals surface area contributed by atoms with Crippen LogP contribution in [0.2, 0.25) is 0 Å². The van der Waals surface area contributed by atoms with Crippen molar-refractivity contribution in [2.24, 2.45) is 0 Å². The van der Waals surface area contributed by atoms with Gasteiger partial charge in [0.05, 0.1) is 5.56 Å². The molecule has 6 heteroatoms. The molecule has 0 atom stereocenters. The quantitative estimate of drug-likeness (QED) is 0.349. The van der Waals surface area contributed by atoms with Crippen LogP contribution in [0.3, 0.4) is 0 Å². The molecule has 0 radical (unpaired) electrons. The molecular formula is C26H20O6. The summed E-state index contributed by atoms with van der Waals surface area (Å²) in [5.74, 6) is 2.03. The maximum Gasteiger partial charge on any atom is 0.338 e. The van der Waals surface area contributed by atoms with E-state index >= 15 is 0 Å². The minimum absolute atomic E-state index is 0.0780. The fourth-order valence-corrected chi connectivity index (χ4v) is 2.92. The molecule has 160 valence electrons. The molecule has 32 heavy (non-hydrogen) atoms. The maximum atomic E-state index is 12.5. The zero-order valence-corrected chi connectivity index (χ0v) is 17.0. The number of rotatable bonds is 7. The molecule has 0 aromatic heterocycles. The molecule has 0 amide bonds. The van der Waals surface area contributed by atoms with E-state index in [2.05, 4.69) is 0 Å². The minimum atomic E-state index is -0.481. The fourth-order valence-electron chi connectivity index (χ4n) is 2.92. The second-order valence-corrected chi connectivity index (χ2v) is 6.94. The third kappa shape index (κ3) is 5.58. The summed E-state index contributed by atoms with van der Waals surface area (Å²) in [7, 11) is 0. The Bertz CT molecular complexity index is 1200. The molecule has 0 aliphatic heterocycles. The van der Waals surface area contributed by atoms with Gasteiger partial charge in [0.25, 0.3) is 0 Å². The lowest BCUT2D eigenvalue weighted by Crippen LogP contribution is -2.05. The first kappa shape index (κ1) is 20.8. The van der Waals surface area contributed by atoms with Gasteiger partial charge in [-0.25, -0.2) is 4.79 Å². The number of hydrogen-bond acceptors (Lipinski definition) is 6. The fraction of sp³-hybridized carbons (Fsp3) is 0.0385. The molecule has 0 saturated carbocycles. The van der Waals surface area contributed by atoms with Crippen molar-refractivity contribution in [2.45, 2.75) is 6.61 Å². The molecule has 2 N–H and O–H groups in total. The molecule has 0 aliphatic carbocycles. The lowest BCUT2D eigenvalue weighted by Gasteiger charge is -2.10. The Morgan fingerprint density at radius 2 is 1.16 bits per heavy atom. The van der Waals surface area contributed by atoms with Crippen molar-refractivity contribution in [3.63, 3.8) is 0 Å². The molecule has 0 aliphatic rings. The number of carbonyl (C=O) groups excluding carboxylic acids is 1. The van der Waals surface area contributed by atoms with Crippen LogP contribution in [0.25, 0.3) is 0 Å². The van der Waals surface area contributed by atoms with E-state index in [-0.39, 0.29) is 18.1 Å². The average molecular weight is 428 g/mol. The Hall–Kier alpha value is -4.45. The first-order valence-electron chi connectivity index (χ1n) is 9.85. The van der Waals surface area contributed by atoms with Gasteiger partial charge in [-0.15, -0.1) is 0 Å². The highest BCUT2D eigenvalue weighted by atomic mass is 16.5. The van der Waals surface area contributed by atoms with Gasteiger partial charge in [-0.1, -0.05) is 18.2 Å². The van der Waals surface area contributed by atoms with Gasteiger partial charge in [-0.05, 0) is 84.4 Å². The Balaban J connectivity index is 1.37. The summed E-state index contributed by atoms with van der Waals surface area (Å²) < 4.78 is 16.9. The van der Waals surface area contributed by atoms with Crippen molar-refractivity contribution >= 4 is 5.97 Å². The summed E-state index contributed by atoms with van der Waals surface area (Å²) in [6.07, 6.45) is 0. The number of aromatic hydroxyl groups is 2. The second kappa shape index (κ2) is 9.57. The predicted octanol–water partition coefficient (Wildman–Crippen LogP) is 6.04. The topological polar surface area (TPSA) is 85.2 Å². The van der Waals surface area contributed by atoms with E-state index < -0.39 is 5.97 Å². The van der Waals surface area contributed by atoms with Gasteiger partial charge >= 0.3 is 5.97 Å². The van der Waals surface area contributed by atoms with Crippen LogP contribution in [0.1, 0.15) is 15.9 Å². The summed E-state index contributed by atoms with van der Waals surface area (Å²) >= 11 is 0. The zero-order valence-electron chi connectivity index (χ0n) is 17.0. The molecule has 0 spiro atoms. The summed E-state index contributed by atoms with van der Waals surface area (Å²) in [5, 5.41) is 18.7. The number of hydrogen-bond donors (Lipinski definition) is 2. The molecule has 4 rings (SSSR count).